The van der Waals surface area contributed by atoms with Crippen LogP contribution < -0.4 is 11.3 Å². The standard InChI is InChI=1S/C8H9N5O/c1-5-10-3-7-2-6(8(14)11-9)4-13(7)12-5/h2-4H,9H2,1H3,(H,11,14). The van der Waals surface area contributed by atoms with Crippen molar-refractivity contribution < 1.29 is 4.79 Å². The summed E-state index contributed by atoms with van der Waals surface area (Å²) < 4.78 is 1.59. The maximum atomic E-state index is 11.2. The van der Waals surface area contributed by atoms with Crippen molar-refractivity contribution in [3.63, 3.8) is 0 Å². The quantitative estimate of drug-likeness (QED) is 0.366. The Morgan fingerprint density at radius 3 is 3.14 bits per heavy atom. The first kappa shape index (κ1) is 8.64. The molecule has 0 saturated carbocycles. The minimum absolute atomic E-state index is 0.340. The molecule has 2 aromatic heterocycles. The average molecular weight is 191 g/mol. The molecular weight excluding hydrogens is 182 g/mol. The van der Waals surface area contributed by atoms with E-state index < -0.39 is 0 Å². The predicted molar refractivity (Wildman–Crippen MR) is 49.4 cm³/mol. The van der Waals surface area contributed by atoms with Gasteiger partial charge >= 0.3 is 0 Å². The molecule has 0 aliphatic rings. The SMILES string of the molecule is Cc1ncc2cc(C(=O)NN)cn2n1. The number of nitrogens with two attached hydrogens (primary N) is 1. The number of nitrogen functional groups attached to an aromatic ring is 1. The topological polar surface area (TPSA) is 85.3 Å². The molecule has 0 aliphatic carbocycles. The van der Waals surface area contributed by atoms with E-state index in [-0.39, 0.29) is 5.91 Å². The van der Waals surface area contributed by atoms with Crippen LogP contribution in [0.15, 0.2) is 18.5 Å². The van der Waals surface area contributed by atoms with Crippen molar-refractivity contribution >= 4 is 11.4 Å². The largest absolute Gasteiger partial charge is 0.290 e. The third kappa shape index (κ3) is 1.31. The molecule has 0 bridgehead atoms. The molecule has 1 amide bonds. The molecule has 0 saturated heterocycles. The van der Waals surface area contributed by atoms with Crippen molar-refractivity contribution in [1.29, 1.82) is 0 Å². The summed E-state index contributed by atoms with van der Waals surface area (Å²) in [4.78, 5) is 15.2. The van der Waals surface area contributed by atoms with Gasteiger partial charge in [0.15, 0.2) is 0 Å². The summed E-state index contributed by atoms with van der Waals surface area (Å²) in [5.41, 5.74) is 3.28. The maximum Gasteiger partial charge on any atom is 0.266 e. The number of carbonyl (C=O) groups excluding carboxylic acids is 1. The zero-order valence-corrected chi connectivity index (χ0v) is 7.56. The molecule has 0 spiro atoms. The number of carbonyl (C=O) groups is 1. The van der Waals surface area contributed by atoms with E-state index in [2.05, 4.69) is 15.5 Å². The average Bonchev–Trinajstić information content (AvgIpc) is 2.59. The molecule has 6 heteroatoms. The fourth-order valence-corrected chi connectivity index (χ4v) is 1.20. The van der Waals surface area contributed by atoms with Crippen molar-refractivity contribution in [1.82, 2.24) is 20.0 Å². The first-order valence-corrected chi connectivity index (χ1v) is 4.03. The summed E-state index contributed by atoms with van der Waals surface area (Å²) in [6.07, 6.45) is 3.25. The van der Waals surface area contributed by atoms with Crippen LogP contribution in [0, 0.1) is 6.92 Å². The van der Waals surface area contributed by atoms with Gasteiger partial charge < -0.3 is 0 Å². The van der Waals surface area contributed by atoms with Gasteiger partial charge in [0.2, 0.25) is 0 Å². The fourth-order valence-electron chi connectivity index (χ4n) is 1.20. The van der Waals surface area contributed by atoms with Gasteiger partial charge in [-0.3, -0.25) is 10.2 Å². The lowest BCUT2D eigenvalue weighted by Crippen LogP contribution is -2.29. The van der Waals surface area contributed by atoms with Crippen molar-refractivity contribution in [2.24, 2.45) is 5.84 Å². The van der Waals surface area contributed by atoms with Gasteiger partial charge in [-0.05, 0) is 13.0 Å². The summed E-state index contributed by atoms with van der Waals surface area (Å²) in [7, 11) is 0. The number of aryl methyl sites for hydroxylation is 1. The molecule has 2 aromatic rings. The van der Waals surface area contributed by atoms with Crippen molar-refractivity contribution in [2.75, 3.05) is 0 Å². The minimum Gasteiger partial charge on any atom is -0.290 e. The number of hydrazine groups is 1. The third-order valence-electron chi connectivity index (χ3n) is 1.86. The highest BCUT2D eigenvalue weighted by atomic mass is 16.2. The molecule has 0 atom stereocenters. The Labute approximate surface area is 79.7 Å². The van der Waals surface area contributed by atoms with E-state index in [1.54, 1.807) is 29.9 Å². The molecule has 2 heterocycles. The number of rotatable bonds is 1. The number of hydrogen-bond donors (Lipinski definition) is 2. The highest BCUT2D eigenvalue weighted by Gasteiger charge is 2.07. The molecule has 3 N–H and O–H groups in total. The van der Waals surface area contributed by atoms with E-state index in [1.807, 2.05) is 0 Å². The zero-order chi connectivity index (χ0) is 10.1. The van der Waals surface area contributed by atoms with Crippen molar-refractivity contribution in [3.8, 4) is 0 Å². The second kappa shape index (κ2) is 3.08. The number of amides is 1. The summed E-state index contributed by atoms with van der Waals surface area (Å²) in [6.45, 7) is 1.78. The lowest BCUT2D eigenvalue weighted by atomic mass is 10.3. The van der Waals surface area contributed by atoms with Gasteiger partial charge in [0.1, 0.15) is 5.82 Å². The van der Waals surface area contributed by atoms with E-state index in [0.717, 1.165) is 5.52 Å². The van der Waals surface area contributed by atoms with Gasteiger partial charge in [-0.25, -0.2) is 15.3 Å². The van der Waals surface area contributed by atoms with Crippen LogP contribution in [0.5, 0.6) is 0 Å². The van der Waals surface area contributed by atoms with Crippen LogP contribution in [0.1, 0.15) is 16.2 Å². The van der Waals surface area contributed by atoms with Crippen LogP contribution in [0.3, 0.4) is 0 Å². The summed E-state index contributed by atoms with van der Waals surface area (Å²) in [5.74, 6) is 5.32. The summed E-state index contributed by atoms with van der Waals surface area (Å²) in [5, 5.41) is 4.10. The molecule has 2 rings (SSSR count). The minimum atomic E-state index is -0.340. The van der Waals surface area contributed by atoms with E-state index in [9.17, 15) is 4.79 Å². The maximum absolute atomic E-state index is 11.2. The van der Waals surface area contributed by atoms with Crippen LogP contribution in [-0.4, -0.2) is 20.5 Å². The van der Waals surface area contributed by atoms with Crippen molar-refractivity contribution in [2.45, 2.75) is 6.92 Å². The second-order valence-corrected chi connectivity index (χ2v) is 2.88. The van der Waals surface area contributed by atoms with Gasteiger partial charge in [-0.2, -0.15) is 5.10 Å². The Morgan fingerprint density at radius 1 is 1.64 bits per heavy atom. The number of fused-ring (bicyclic) bond motifs is 1. The molecule has 0 aliphatic heterocycles. The van der Waals surface area contributed by atoms with Gasteiger partial charge in [-0.15, -0.1) is 0 Å². The van der Waals surface area contributed by atoms with Crippen molar-refractivity contribution in [3.05, 3.63) is 29.8 Å². The molecule has 6 nitrogen and oxygen atoms in total. The smallest absolute Gasteiger partial charge is 0.266 e. The van der Waals surface area contributed by atoms with E-state index >= 15 is 0 Å². The molecule has 0 fully saturated rings. The second-order valence-electron chi connectivity index (χ2n) is 2.88. The fraction of sp³-hybridized carbons (Fsp3) is 0.125. The van der Waals surface area contributed by atoms with Gasteiger partial charge in [0, 0.05) is 6.20 Å². The normalized spacial score (nSPS) is 10.4. The van der Waals surface area contributed by atoms with E-state index in [0.29, 0.717) is 11.4 Å². The lowest BCUT2D eigenvalue weighted by molar-refractivity contribution is 0.0953. The summed E-state index contributed by atoms with van der Waals surface area (Å²) >= 11 is 0. The lowest BCUT2D eigenvalue weighted by Gasteiger charge is -1.92. The molecule has 0 radical (unpaired) electrons. The number of hydrogen-bond acceptors (Lipinski definition) is 4. The Morgan fingerprint density at radius 2 is 2.43 bits per heavy atom. The Bertz CT molecular complexity index is 489. The first-order valence-electron chi connectivity index (χ1n) is 4.03. The Balaban J connectivity index is 2.56. The van der Waals surface area contributed by atoms with E-state index in [4.69, 9.17) is 5.84 Å². The molecule has 0 unspecified atom stereocenters. The Hall–Kier alpha value is -1.95. The van der Waals surface area contributed by atoms with Crippen LogP contribution in [0.4, 0.5) is 0 Å². The summed E-state index contributed by atoms with van der Waals surface area (Å²) in [6, 6.07) is 1.67. The van der Waals surface area contributed by atoms with Gasteiger partial charge in [-0.1, -0.05) is 0 Å². The zero-order valence-electron chi connectivity index (χ0n) is 7.56. The predicted octanol–water partition coefficient (Wildman–Crippen LogP) is -0.359. The number of nitrogens with zero attached hydrogens (tertiary/aromatic N) is 3. The first-order chi connectivity index (χ1) is 6.70. The molecule has 0 aromatic carbocycles. The molecule has 14 heavy (non-hydrogen) atoms. The van der Waals surface area contributed by atoms with Crippen LogP contribution in [-0.2, 0) is 0 Å². The third-order valence-corrected chi connectivity index (χ3v) is 1.86. The number of aromatic nitrogens is 3. The van der Waals surface area contributed by atoms with Gasteiger partial charge in [0.25, 0.3) is 5.91 Å². The highest BCUT2D eigenvalue weighted by molar-refractivity contribution is 5.95. The Kier molecular flexibility index (Phi) is 1.90. The van der Waals surface area contributed by atoms with E-state index in [1.165, 1.54) is 0 Å². The van der Waals surface area contributed by atoms with Crippen LogP contribution in [0.25, 0.3) is 5.52 Å². The monoisotopic (exact) mass is 191 g/mol. The van der Waals surface area contributed by atoms with Gasteiger partial charge in [0.05, 0.1) is 17.3 Å². The number of nitrogens with one attached hydrogen (secondary N) is 1. The molecule has 72 valence electrons. The molecular formula is C8H9N5O. The van der Waals surface area contributed by atoms with Crippen LogP contribution >= 0.6 is 0 Å². The van der Waals surface area contributed by atoms with Crippen LogP contribution in [0.2, 0.25) is 0 Å². The highest BCUT2D eigenvalue weighted by Crippen LogP contribution is 2.07.